The van der Waals surface area contributed by atoms with Crippen LogP contribution in [0.1, 0.15) is 11.1 Å². The number of hydrogen-bond donors (Lipinski definition) is 1. The SMILES string of the molecule is Cn1ncc2cc(CC(N)=Nc3ccn(Cc4ccc(F)c(F)c4)n3)ccc21. The second kappa shape index (κ2) is 7.22. The Labute approximate surface area is 159 Å². The summed E-state index contributed by atoms with van der Waals surface area (Å²) in [5.74, 6) is -0.853. The number of nitrogens with zero attached hydrogens (tertiary/aromatic N) is 5. The van der Waals surface area contributed by atoms with Crippen LogP contribution in [-0.4, -0.2) is 25.4 Å². The standard InChI is InChI=1S/C20H18F2N6/c1-27-18-5-3-13(8-15(18)11-24-27)10-19(23)25-20-6-7-28(26-20)12-14-2-4-16(21)17(22)9-14/h2-9,11H,10,12H2,1H3,(H2,23,25,26). The van der Waals surface area contributed by atoms with Crippen molar-refractivity contribution < 1.29 is 8.78 Å². The van der Waals surface area contributed by atoms with Crippen molar-refractivity contribution in [2.75, 3.05) is 0 Å². The van der Waals surface area contributed by atoms with Crippen LogP contribution in [0.3, 0.4) is 0 Å². The van der Waals surface area contributed by atoms with Gasteiger partial charge in [0.05, 0.1) is 18.3 Å². The maximum Gasteiger partial charge on any atom is 0.175 e. The smallest absolute Gasteiger partial charge is 0.175 e. The van der Waals surface area contributed by atoms with Crippen molar-refractivity contribution in [3.8, 4) is 0 Å². The molecule has 2 heterocycles. The van der Waals surface area contributed by atoms with Crippen molar-refractivity contribution in [3.05, 3.63) is 77.6 Å². The number of aromatic nitrogens is 4. The maximum absolute atomic E-state index is 13.3. The van der Waals surface area contributed by atoms with E-state index in [0.29, 0.717) is 30.2 Å². The summed E-state index contributed by atoms with van der Waals surface area (Å²) in [7, 11) is 1.90. The highest BCUT2D eigenvalue weighted by Gasteiger charge is 2.06. The molecule has 0 unspecified atom stereocenters. The number of amidine groups is 1. The molecule has 0 aliphatic heterocycles. The van der Waals surface area contributed by atoms with Gasteiger partial charge in [-0.05, 0) is 35.4 Å². The molecule has 0 bridgehead atoms. The van der Waals surface area contributed by atoms with E-state index in [1.54, 1.807) is 16.9 Å². The van der Waals surface area contributed by atoms with Gasteiger partial charge in [-0.15, -0.1) is 0 Å². The molecule has 0 saturated heterocycles. The van der Waals surface area contributed by atoms with Crippen molar-refractivity contribution in [1.82, 2.24) is 19.6 Å². The number of fused-ring (bicyclic) bond motifs is 1. The van der Waals surface area contributed by atoms with Gasteiger partial charge in [0.2, 0.25) is 0 Å². The van der Waals surface area contributed by atoms with E-state index >= 15 is 0 Å². The molecular weight excluding hydrogens is 362 g/mol. The summed E-state index contributed by atoms with van der Waals surface area (Å²) in [4.78, 5) is 4.34. The Morgan fingerprint density at radius 1 is 1.07 bits per heavy atom. The fraction of sp³-hybridized carbons (Fsp3) is 0.150. The van der Waals surface area contributed by atoms with Crippen LogP contribution >= 0.6 is 0 Å². The predicted octanol–water partition coefficient (Wildman–Crippen LogP) is 3.33. The largest absolute Gasteiger partial charge is 0.387 e. The second-order valence-corrected chi connectivity index (χ2v) is 6.56. The van der Waals surface area contributed by atoms with Crippen LogP contribution in [0.4, 0.5) is 14.6 Å². The van der Waals surface area contributed by atoms with E-state index < -0.39 is 11.6 Å². The van der Waals surface area contributed by atoms with Gasteiger partial charge in [-0.1, -0.05) is 12.1 Å². The average Bonchev–Trinajstić information content (AvgIpc) is 3.24. The molecule has 8 heteroatoms. The van der Waals surface area contributed by atoms with E-state index in [0.717, 1.165) is 28.6 Å². The van der Waals surface area contributed by atoms with E-state index in [1.165, 1.54) is 6.07 Å². The Balaban J connectivity index is 1.46. The molecule has 0 saturated carbocycles. The molecule has 0 spiro atoms. The minimum absolute atomic E-state index is 0.310. The summed E-state index contributed by atoms with van der Waals surface area (Å²) in [6, 6.07) is 11.5. The number of rotatable bonds is 5. The van der Waals surface area contributed by atoms with Gasteiger partial charge >= 0.3 is 0 Å². The minimum atomic E-state index is -0.877. The number of halogens is 2. The molecule has 6 nitrogen and oxygen atoms in total. The van der Waals surface area contributed by atoms with E-state index in [2.05, 4.69) is 15.2 Å². The van der Waals surface area contributed by atoms with Gasteiger partial charge in [0.15, 0.2) is 17.5 Å². The summed E-state index contributed by atoms with van der Waals surface area (Å²) < 4.78 is 29.7. The summed E-state index contributed by atoms with van der Waals surface area (Å²) >= 11 is 0. The zero-order valence-electron chi connectivity index (χ0n) is 15.2. The zero-order valence-corrected chi connectivity index (χ0v) is 15.2. The van der Waals surface area contributed by atoms with Gasteiger partial charge in [0.1, 0.15) is 5.84 Å². The molecule has 4 rings (SSSR count). The quantitative estimate of drug-likeness (QED) is 0.426. The lowest BCUT2D eigenvalue weighted by Crippen LogP contribution is -2.14. The van der Waals surface area contributed by atoms with Crippen LogP contribution < -0.4 is 5.73 Å². The number of aryl methyl sites for hydroxylation is 1. The molecule has 0 fully saturated rings. The first kappa shape index (κ1) is 17.8. The van der Waals surface area contributed by atoms with E-state index in [9.17, 15) is 8.78 Å². The molecule has 2 aromatic heterocycles. The van der Waals surface area contributed by atoms with Crippen LogP contribution in [0.15, 0.2) is 59.9 Å². The molecule has 0 amide bonds. The zero-order chi connectivity index (χ0) is 19.7. The normalized spacial score (nSPS) is 12.0. The molecule has 2 aromatic carbocycles. The molecule has 0 aliphatic rings. The first-order chi connectivity index (χ1) is 13.5. The second-order valence-electron chi connectivity index (χ2n) is 6.56. The topological polar surface area (TPSA) is 74.0 Å². The number of aliphatic imine (C=N–C) groups is 1. The lowest BCUT2D eigenvalue weighted by atomic mass is 10.1. The molecule has 142 valence electrons. The summed E-state index contributed by atoms with van der Waals surface area (Å²) in [5, 5.41) is 9.59. The molecule has 0 radical (unpaired) electrons. The summed E-state index contributed by atoms with van der Waals surface area (Å²) in [6.07, 6.45) is 4.02. The fourth-order valence-electron chi connectivity index (χ4n) is 3.04. The first-order valence-electron chi connectivity index (χ1n) is 8.69. The van der Waals surface area contributed by atoms with Crippen LogP contribution in [0.25, 0.3) is 10.9 Å². The van der Waals surface area contributed by atoms with Gasteiger partial charge in [-0.2, -0.15) is 10.2 Å². The Kier molecular flexibility index (Phi) is 4.60. The molecule has 0 atom stereocenters. The van der Waals surface area contributed by atoms with Gasteiger partial charge in [0.25, 0.3) is 0 Å². The molecular formula is C20H18F2N6. The van der Waals surface area contributed by atoms with Crippen molar-refractivity contribution >= 4 is 22.6 Å². The van der Waals surface area contributed by atoms with Crippen molar-refractivity contribution in [2.45, 2.75) is 13.0 Å². The monoisotopic (exact) mass is 380 g/mol. The molecule has 28 heavy (non-hydrogen) atoms. The Morgan fingerprint density at radius 2 is 1.89 bits per heavy atom. The summed E-state index contributed by atoms with van der Waals surface area (Å²) in [5.41, 5.74) is 8.76. The van der Waals surface area contributed by atoms with Crippen LogP contribution in [0, 0.1) is 11.6 Å². The van der Waals surface area contributed by atoms with Crippen LogP contribution in [0.5, 0.6) is 0 Å². The highest BCUT2D eigenvalue weighted by molar-refractivity contribution is 5.86. The summed E-state index contributed by atoms with van der Waals surface area (Å²) in [6.45, 7) is 0.310. The average molecular weight is 380 g/mol. The Morgan fingerprint density at radius 3 is 2.71 bits per heavy atom. The lowest BCUT2D eigenvalue weighted by Gasteiger charge is -2.03. The van der Waals surface area contributed by atoms with Crippen LogP contribution in [-0.2, 0) is 20.0 Å². The highest BCUT2D eigenvalue weighted by atomic mass is 19.2. The van der Waals surface area contributed by atoms with E-state index in [-0.39, 0.29) is 0 Å². The van der Waals surface area contributed by atoms with Crippen LogP contribution in [0.2, 0.25) is 0 Å². The number of benzene rings is 2. The number of hydrogen-bond acceptors (Lipinski definition) is 3. The third-order valence-electron chi connectivity index (χ3n) is 4.41. The third-order valence-corrected chi connectivity index (χ3v) is 4.41. The number of nitrogens with two attached hydrogens (primary N) is 1. The first-order valence-corrected chi connectivity index (χ1v) is 8.69. The Bertz CT molecular complexity index is 1170. The Hall–Kier alpha value is -3.55. The minimum Gasteiger partial charge on any atom is -0.387 e. The predicted molar refractivity (Wildman–Crippen MR) is 103 cm³/mol. The fourth-order valence-corrected chi connectivity index (χ4v) is 3.04. The third kappa shape index (κ3) is 3.75. The maximum atomic E-state index is 13.3. The van der Waals surface area contributed by atoms with Crippen molar-refractivity contribution in [1.29, 1.82) is 0 Å². The van der Waals surface area contributed by atoms with Crippen molar-refractivity contribution in [2.24, 2.45) is 17.8 Å². The van der Waals surface area contributed by atoms with Gasteiger partial charge < -0.3 is 5.73 Å². The molecule has 2 N–H and O–H groups in total. The molecule has 4 aromatic rings. The van der Waals surface area contributed by atoms with Gasteiger partial charge in [0, 0.05) is 31.1 Å². The lowest BCUT2D eigenvalue weighted by molar-refractivity contribution is 0.506. The van der Waals surface area contributed by atoms with E-state index in [1.807, 2.05) is 36.1 Å². The van der Waals surface area contributed by atoms with E-state index in [4.69, 9.17) is 5.73 Å². The van der Waals surface area contributed by atoms with Gasteiger partial charge in [-0.25, -0.2) is 13.8 Å². The van der Waals surface area contributed by atoms with Crippen molar-refractivity contribution in [3.63, 3.8) is 0 Å². The van der Waals surface area contributed by atoms with Gasteiger partial charge in [-0.3, -0.25) is 9.36 Å². The highest BCUT2D eigenvalue weighted by Crippen LogP contribution is 2.16. The molecule has 0 aliphatic carbocycles.